The molecular weight excluding hydrogens is 270 g/mol. The molecule has 0 amide bonds. The molecule has 0 aliphatic heterocycles. The van der Waals surface area contributed by atoms with Gasteiger partial charge in [-0.3, -0.25) is 0 Å². The lowest BCUT2D eigenvalue weighted by Gasteiger charge is -2.07. The molecule has 0 fully saturated rings. The molecule has 0 saturated heterocycles. The Morgan fingerprint density at radius 2 is 1.84 bits per heavy atom. The van der Waals surface area contributed by atoms with Crippen molar-refractivity contribution >= 4 is 32.8 Å². The Bertz CT molecular complexity index is 648. The minimum atomic E-state index is 0.112. The van der Waals surface area contributed by atoms with Crippen LogP contribution in [0.15, 0.2) is 42.5 Å². The molecule has 3 aromatic rings. The Labute approximate surface area is 121 Å². The van der Waals surface area contributed by atoms with E-state index in [0.717, 1.165) is 12.8 Å². The summed E-state index contributed by atoms with van der Waals surface area (Å²) in [5.74, 6) is 0. The third kappa shape index (κ3) is 2.73. The summed E-state index contributed by atoms with van der Waals surface area (Å²) in [6.07, 6.45) is 2.06. The summed E-state index contributed by atoms with van der Waals surface area (Å²) < 4.78 is 1.33. The first kappa shape index (κ1) is 12.9. The summed E-state index contributed by atoms with van der Waals surface area (Å²) in [5, 5.41) is 1.30. The topological polar surface area (TPSA) is 26.0 Å². The molecular formula is C16H17NS2. The van der Waals surface area contributed by atoms with Gasteiger partial charge in [0.05, 0.1) is 0 Å². The van der Waals surface area contributed by atoms with Crippen LogP contribution in [0.3, 0.4) is 0 Å². The van der Waals surface area contributed by atoms with E-state index in [0.29, 0.717) is 0 Å². The van der Waals surface area contributed by atoms with E-state index < -0.39 is 0 Å². The number of rotatable bonds is 4. The van der Waals surface area contributed by atoms with Gasteiger partial charge in [-0.25, -0.2) is 0 Å². The van der Waals surface area contributed by atoms with Crippen LogP contribution in [0.5, 0.6) is 0 Å². The first-order valence-corrected chi connectivity index (χ1v) is 8.21. The van der Waals surface area contributed by atoms with Crippen molar-refractivity contribution in [2.45, 2.75) is 25.8 Å². The highest BCUT2D eigenvalue weighted by molar-refractivity contribution is 7.19. The predicted molar refractivity (Wildman–Crippen MR) is 86.2 cm³/mol. The van der Waals surface area contributed by atoms with Crippen molar-refractivity contribution in [1.82, 2.24) is 0 Å². The van der Waals surface area contributed by atoms with Gasteiger partial charge >= 0.3 is 0 Å². The van der Waals surface area contributed by atoms with Crippen LogP contribution in [0.1, 0.15) is 27.6 Å². The molecule has 0 saturated carbocycles. The molecule has 0 aliphatic rings. The summed E-state index contributed by atoms with van der Waals surface area (Å²) in [6, 6.07) is 15.3. The molecule has 1 unspecified atom stereocenters. The number of aryl methyl sites for hydroxylation is 1. The largest absolute Gasteiger partial charge is 0.323 e. The predicted octanol–water partition coefficient (Wildman–Crippen LogP) is 4.77. The van der Waals surface area contributed by atoms with E-state index in [1.165, 1.54) is 24.7 Å². The van der Waals surface area contributed by atoms with Gasteiger partial charge in [0, 0.05) is 31.8 Å². The summed E-state index contributed by atoms with van der Waals surface area (Å²) in [5.41, 5.74) is 6.36. The average Bonchev–Trinajstić information content (AvgIpc) is 3.04. The smallest absolute Gasteiger partial charge is 0.0438 e. The molecule has 2 heterocycles. The van der Waals surface area contributed by atoms with Gasteiger partial charge in [-0.15, -0.1) is 22.7 Å². The highest BCUT2D eigenvalue weighted by Crippen LogP contribution is 2.31. The standard InChI is InChI=1S/C16H17NS2/c1-2-12-7-8-13(18-12)10-14(17)16-9-11-5-3-4-6-15(11)19-16/h3-9,14H,2,10,17H2,1H3. The summed E-state index contributed by atoms with van der Waals surface area (Å²) in [7, 11) is 0. The van der Waals surface area contributed by atoms with Crippen LogP contribution in [0.2, 0.25) is 0 Å². The van der Waals surface area contributed by atoms with E-state index in [9.17, 15) is 0 Å². The van der Waals surface area contributed by atoms with E-state index in [4.69, 9.17) is 5.73 Å². The Morgan fingerprint density at radius 1 is 1.05 bits per heavy atom. The van der Waals surface area contributed by atoms with E-state index in [1.54, 1.807) is 0 Å². The third-order valence-corrected chi connectivity index (χ3v) is 5.80. The molecule has 1 nitrogen and oxygen atoms in total. The van der Waals surface area contributed by atoms with Crippen molar-refractivity contribution in [3.8, 4) is 0 Å². The Morgan fingerprint density at radius 3 is 2.58 bits per heavy atom. The molecule has 1 atom stereocenters. The Hall–Kier alpha value is -1.16. The van der Waals surface area contributed by atoms with Gasteiger partial charge in [-0.05, 0) is 36.1 Å². The maximum Gasteiger partial charge on any atom is 0.0438 e. The molecule has 0 radical (unpaired) electrons. The second-order valence-corrected chi connectivity index (χ2v) is 7.09. The second-order valence-electron chi connectivity index (χ2n) is 4.72. The fourth-order valence-electron chi connectivity index (χ4n) is 2.22. The molecule has 2 aromatic heterocycles. The van der Waals surface area contributed by atoms with Crippen molar-refractivity contribution in [1.29, 1.82) is 0 Å². The van der Waals surface area contributed by atoms with Crippen molar-refractivity contribution < 1.29 is 0 Å². The lowest BCUT2D eigenvalue weighted by atomic mass is 10.1. The first-order chi connectivity index (χ1) is 9.26. The van der Waals surface area contributed by atoms with Crippen LogP contribution in [0.25, 0.3) is 10.1 Å². The van der Waals surface area contributed by atoms with E-state index in [2.05, 4.69) is 49.4 Å². The van der Waals surface area contributed by atoms with Crippen LogP contribution < -0.4 is 5.73 Å². The highest BCUT2D eigenvalue weighted by Gasteiger charge is 2.12. The molecule has 3 rings (SSSR count). The summed E-state index contributed by atoms with van der Waals surface area (Å²) in [4.78, 5) is 4.12. The Balaban J connectivity index is 1.81. The number of thiophene rings is 2. The number of nitrogens with two attached hydrogens (primary N) is 1. The van der Waals surface area contributed by atoms with Crippen LogP contribution in [-0.2, 0) is 12.8 Å². The average molecular weight is 287 g/mol. The fourth-order valence-corrected chi connectivity index (χ4v) is 4.31. The van der Waals surface area contributed by atoms with Crippen LogP contribution in [0, 0.1) is 0 Å². The van der Waals surface area contributed by atoms with Gasteiger partial charge in [0.1, 0.15) is 0 Å². The van der Waals surface area contributed by atoms with Crippen molar-refractivity contribution in [3.63, 3.8) is 0 Å². The zero-order valence-corrected chi connectivity index (χ0v) is 12.6. The maximum atomic E-state index is 6.36. The van der Waals surface area contributed by atoms with E-state index in [-0.39, 0.29) is 6.04 Å². The number of hydrogen-bond acceptors (Lipinski definition) is 3. The van der Waals surface area contributed by atoms with Crippen molar-refractivity contribution in [2.75, 3.05) is 0 Å². The lowest BCUT2D eigenvalue weighted by Crippen LogP contribution is -2.10. The van der Waals surface area contributed by atoms with Crippen LogP contribution in [-0.4, -0.2) is 0 Å². The van der Waals surface area contributed by atoms with E-state index >= 15 is 0 Å². The van der Waals surface area contributed by atoms with Crippen molar-refractivity contribution in [3.05, 3.63) is 57.1 Å². The number of hydrogen-bond donors (Lipinski definition) is 1. The first-order valence-electron chi connectivity index (χ1n) is 6.58. The molecule has 0 spiro atoms. The molecule has 98 valence electrons. The summed E-state index contributed by atoms with van der Waals surface area (Å²) >= 11 is 3.70. The van der Waals surface area contributed by atoms with Crippen molar-refractivity contribution in [2.24, 2.45) is 5.73 Å². The quantitative estimate of drug-likeness (QED) is 0.735. The molecule has 1 aromatic carbocycles. The maximum absolute atomic E-state index is 6.36. The van der Waals surface area contributed by atoms with Gasteiger partial charge in [0.2, 0.25) is 0 Å². The highest BCUT2D eigenvalue weighted by atomic mass is 32.1. The van der Waals surface area contributed by atoms with Gasteiger partial charge in [-0.1, -0.05) is 25.1 Å². The van der Waals surface area contributed by atoms with E-state index in [1.807, 2.05) is 22.7 Å². The molecule has 0 bridgehead atoms. The third-order valence-electron chi connectivity index (χ3n) is 3.30. The minimum absolute atomic E-state index is 0.112. The van der Waals surface area contributed by atoms with Gasteiger partial charge < -0.3 is 5.73 Å². The number of fused-ring (bicyclic) bond motifs is 1. The lowest BCUT2D eigenvalue weighted by molar-refractivity contribution is 0.746. The fraction of sp³-hybridized carbons (Fsp3) is 0.250. The zero-order valence-electron chi connectivity index (χ0n) is 10.9. The Kier molecular flexibility index (Phi) is 3.69. The zero-order chi connectivity index (χ0) is 13.2. The molecule has 2 N–H and O–H groups in total. The SMILES string of the molecule is CCc1ccc(CC(N)c2cc3ccccc3s2)s1. The second kappa shape index (κ2) is 5.45. The monoisotopic (exact) mass is 287 g/mol. The molecule has 19 heavy (non-hydrogen) atoms. The van der Waals surface area contributed by atoms with Gasteiger partial charge in [-0.2, -0.15) is 0 Å². The minimum Gasteiger partial charge on any atom is -0.323 e. The normalized spacial score (nSPS) is 12.9. The summed E-state index contributed by atoms with van der Waals surface area (Å²) in [6.45, 7) is 2.20. The van der Waals surface area contributed by atoms with Gasteiger partial charge in [0.25, 0.3) is 0 Å². The van der Waals surface area contributed by atoms with Crippen LogP contribution in [0.4, 0.5) is 0 Å². The number of benzene rings is 1. The van der Waals surface area contributed by atoms with Crippen LogP contribution >= 0.6 is 22.7 Å². The molecule has 0 aliphatic carbocycles. The molecule has 3 heteroatoms. The van der Waals surface area contributed by atoms with Gasteiger partial charge in [0.15, 0.2) is 0 Å².